The van der Waals surface area contributed by atoms with Crippen molar-refractivity contribution in [2.24, 2.45) is 5.92 Å². The maximum atomic E-state index is 13.4. The van der Waals surface area contributed by atoms with Gasteiger partial charge in [0, 0.05) is 30.6 Å². The standard InChI is InChI=1S/C23H36N2O5S/c1-7-12-24(6)15-21-17(2)14-25(18(3)16-26)31(28,29)22-9-8-19(13-20(22)30-21)10-11-23(4,5)27/h8-9,13,17-18,21,26-27H,7,12,14-16H2,1-6H3/t17-,18+,21-/m1/s1. The van der Waals surface area contributed by atoms with E-state index >= 15 is 0 Å². The van der Waals surface area contributed by atoms with Gasteiger partial charge < -0.3 is 19.8 Å². The van der Waals surface area contributed by atoms with Crippen molar-refractivity contribution in [2.45, 2.75) is 63.7 Å². The SMILES string of the molecule is CCCN(C)C[C@H]1Oc2cc(C#CC(C)(C)O)ccc2S(=O)(=O)N([C@@H](C)CO)C[C@H]1C. The summed E-state index contributed by atoms with van der Waals surface area (Å²) in [5.41, 5.74) is -0.600. The van der Waals surface area contributed by atoms with Gasteiger partial charge in [0.1, 0.15) is 22.4 Å². The fourth-order valence-electron chi connectivity index (χ4n) is 3.53. The summed E-state index contributed by atoms with van der Waals surface area (Å²) in [6.07, 6.45) is 0.768. The summed E-state index contributed by atoms with van der Waals surface area (Å²) < 4.78 is 34.5. The van der Waals surface area contributed by atoms with Gasteiger partial charge in [-0.25, -0.2) is 8.42 Å². The fraction of sp³-hybridized carbons (Fsp3) is 0.652. The molecule has 7 nitrogen and oxygen atoms in total. The highest BCUT2D eigenvalue weighted by molar-refractivity contribution is 7.89. The Bertz CT molecular complexity index is 914. The van der Waals surface area contributed by atoms with Crippen LogP contribution in [0.3, 0.4) is 0 Å². The quantitative estimate of drug-likeness (QED) is 0.641. The zero-order chi connectivity index (χ0) is 23.4. The fourth-order valence-corrected chi connectivity index (χ4v) is 5.35. The van der Waals surface area contributed by atoms with Crippen LogP contribution in [-0.2, 0) is 10.0 Å². The van der Waals surface area contributed by atoms with E-state index in [1.165, 1.54) is 10.4 Å². The molecule has 0 aromatic heterocycles. The van der Waals surface area contributed by atoms with Crippen molar-refractivity contribution in [3.8, 4) is 17.6 Å². The molecule has 2 N–H and O–H groups in total. The molecule has 0 amide bonds. The Hall–Kier alpha value is -1.63. The topological polar surface area (TPSA) is 90.3 Å². The first-order valence-electron chi connectivity index (χ1n) is 10.8. The molecule has 0 saturated heterocycles. The molecule has 0 radical (unpaired) electrons. The molecule has 0 bridgehead atoms. The third-order valence-corrected chi connectivity index (χ3v) is 7.30. The monoisotopic (exact) mass is 452 g/mol. The smallest absolute Gasteiger partial charge is 0.247 e. The lowest BCUT2D eigenvalue weighted by molar-refractivity contribution is 0.0752. The van der Waals surface area contributed by atoms with Crippen LogP contribution in [0.5, 0.6) is 5.75 Å². The van der Waals surface area contributed by atoms with Crippen LogP contribution in [0.15, 0.2) is 23.1 Å². The van der Waals surface area contributed by atoms with E-state index in [4.69, 9.17) is 4.74 Å². The summed E-state index contributed by atoms with van der Waals surface area (Å²) in [6.45, 7) is 10.5. The van der Waals surface area contributed by atoms with Crippen LogP contribution in [0.4, 0.5) is 0 Å². The Morgan fingerprint density at radius 3 is 2.65 bits per heavy atom. The Morgan fingerprint density at radius 1 is 1.39 bits per heavy atom. The zero-order valence-electron chi connectivity index (χ0n) is 19.4. The lowest BCUT2D eigenvalue weighted by Gasteiger charge is -2.37. The average Bonchev–Trinajstić information content (AvgIpc) is 2.68. The lowest BCUT2D eigenvalue weighted by Crippen LogP contribution is -2.49. The molecule has 31 heavy (non-hydrogen) atoms. The Labute approximate surface area is 187 Å². The van der Waals surface area contributed by atoms with Crippen molar-refractivity contribution in [2.75, 3.05) is 33.3 Å². The van der Waals surface area contributed by atoms with Crippen molar-refractivity contribution < 1.29 is 23.4 Å². The molecular weight excluding hydrogens is 416 g/mol. The molecule has 1 aliphatic rings. The number of aliphatic hydroxyl groups is 2. The molecule has 1 aromatic carbocycles. The number of hydrogen-bond acceptors (Lipinski definition) is 6. The normalized spacial score (nSPS) is 22.5. The maximum Gasteiger partial charge on any atom is 0.247 e. The number of benzene rings is 1. The summed E-state index contributed by atoms with van der Waals surface area (Å²) in [5, 5.41) is 19.6. The van der Waals surface area contributed by atoms with E-state index in [0.29, 0.717) is 12.1 Å². The Morgan fingerprint density at radius 2 is 2.06 bits per heavy atom. The molecule has 8 heteroatoms. The Kier molecular flexibility index (Phi) is 8.54. The van der Waals surface area contributed by atoms with Gasteiger partial charge in [-0.1, -0.05) is 25.7 Å². The highest BCUT2D eigenvalue weighted by atomic mass is 32.2. The molecule has 0 aliphatic carbocycles. The first-order valence-corrected chi connectivity index (χ1v) is 12.2. The third-order valence-electron chi connectivity index (χ3n) is 5.28. The third kappa shape index (κ3) is 6.67. The van der Waals surface area contributed by atoms with Gasteiger partial charge in [-0.15, -0.1) is 0 Å². The summed E-state index contributed by atoms with van der Waals surface area (Å²) >= 11 is 0. The highest BCUT2D eigenvalue weighted by Crippen LogP contribution is 2.34. The van der Waals surface area contributed by atoms with Gasteiger partial charge in [-0.3, -0.25) is 0 Å². The molecule has 1 aromatic rings. The van der Waals surface area contributed by atoms with E-state index < -0.39 is 21.7 Å². The number of fused-ring (bicyclic) bond motifs is 1. The molecule has 1 heterocycles. The molecule has 3 atom stereocenters. The number of ether oxygens (including phenoxy) is 1. The van der Waals surface area contributed by atoms with E-state index in [0.717, 1.165) is 13.0 Å². The number of likely N-dealkylation sites (N-methyl/N-ethyl adjacent to an activating group) is 1. The number of aliphatic hydroxyl groups excluding tert-OH is 1. The van der Waals surface area contributed by atoms with Crippen molar-refractivity contribution in [1.29, 1.82) is 0 Å². The van der Waals surface area contributed by atoms with Crippen LogP contribution in [-0.4, -0.2) is 78.9 Å². The number of nitrogens with zero attached hydrogens (tertiary/aromatic N) is 2. The van der Waals surface area contributed by atoms with Crippen LogP contribution >= 0.6 is 0 Å². The summed E-state index contributed by atoms with van der Waals surface area (Å²) in [5.74, 6) is 5.79. The molecule has 2 rings (SSSR count). The molecular formula is C23H36N2O5S. The van der Waals surface area contributed by atoms with Gasteiger partial charge in [0.25, 0.3) is 0 Å². The minimum Gasteiger partial charge on any atom is -0.487 e. The highest BCUT2D eigenvalue weighted by Gasteiger charge is 2.38. The van der Waals surface area contributed by atoms with Crippen molar-refractivity contribution >= 4 is 10.0 Å². The maximum absolute atomic E-state index is 13.4. The van der Waals surface area contributed by atoms with Crippen LogP contribution in [0.2, 0.25) is 0 Å². The first-order chi connectivity index (χ1) is 14.4. The molecule has 0 saturated carbocycles. The molecule has 0 unspecified atom stereocenters. The van der Waals surface area contributed by atoms with E-state index in [2.05, 4.69) is 23.7 Å². The van der Waals surface area contributed by atoms with Crippen molar-refractivity contribution in [3.63, 3.8) is 0 Å². The average molecular weight is 453 g/mol. The summed E-state index contributed by atoms with van der Waals surface area (Å²) in [6, 6.07) is 4.18. The minimum atomic E-state index is -3.87. The van der Waals surface area contributed by atoms with Crippen LogP contribution in [0.25, 0.3) is 0 Å². The summed E-state index contributed by atoms with van der Waals surface area (Å²) in [7, 11) is -1.85. The zero-order valence-corrected chi connectivity index (χ0v) is 20.2. The van der Waals surface area contributed by atoms with E-state index in [1.807, 2.05) is 14.0 Å². The van der Waals surface area contributed by atoms with E-state index in [9.17, 15) is 18.6 Å². The molecule has 1 aliphatic heterocycles. The van der Waals surface area contributed by atoms with Crippen molar-refractivity contribution in [3.05, 3.63) is 23.8 Å². The van der Waals surface area contributed by atoms with Crippen LogP contribution in [0.1, 0.15) is 46.6 Å². The summed E-state index contributed by atoms with van der Waals surface area (Å²) in [4.78, 5) is 2.24. The van der Waals surface area contributed by atoms with Gasteiger partial charge in [-0.2, -0.15) is 4.31 Å². The van der Waals surface area contributed by atoms with Gasteiger partial charge in [0.05, 0.1) is 6.61 Å². The number of rotatable bonds is 6. The largest absolute Gasteiger partial charge is 0.487 e. The van der Waals surface area contributed by atoms with Gasteiger partial charge in [0.15, 0.2) is 0 Å². The van der Waals surface area contributed by atoms with Crippen molar-refractivity contribution in [1.82, 2.24) is 9.21 Å². The first kappa shape index (κ1) is 25.6. The predicted octanol–water partition coefficient (Wildman–Crippen LogP) is 1.92. The van der Waals surface area contributed by atoms with Gasteiger partial charge >= 0.3 is 0 Å². The van der Waals surface area contributed by atoms with E-state index in [1.54, 1.807) is 32.9 Å². The van der Waals surface area contributed by atoms with Gasteiger partial charge in [0.2, 0.25) is 10.0 Å². The van der Waals surface area contributed by atoms with Crippen LogP contribution < -0.4 is 4.74 Å². The van der Waals surface area contributed by atoms with Crippen LogP contribution in [0, 0.1) is 17.8 Å². The van der Waals surface area contributed by atoms with E-state index in [-0.39, 0.29) is 35.8 Å². The lowest BCUT2D eigenvalue weighted by atomic mass is 10.0. The molecule has 0 spiro atoms. The number of hydrogen-bond donors (Lipinski definition) is 2. The number of sulfonamides is 1. The second-order valence-corrected chi connectivity index (χ2v) is 10.8. The van der Waals surface area contributed by atoms with Gasteiger partial charge in [-0.05, 0) is 59.0 Å². The molecule has 174 valence electrons. The minimum absolute atomic E-state index is 0.0663. The second-order valence-electron chi connectivity index (χ2n) is 8.97. The predicted molar refractivity (Wildman–Crippen MR) is 121 cm³/mol. The Balaban J connectivity index is 2.58. The molecule has 0 fully saturated rings. The second kappa shape index (κ2) is 10.3.